The summed E-state index contributed by atoms with van der Waals surface area (Å²) in [5, 5.41) is 3.76. The van der Waals surface area contributed by atoms with Crippen LogP contribution in [0.2, 0.25) is 0 Å². The summed E-state index contributed by atoms with van der Waals surface area (Å²) in [4.78, 5) is 0. The fraction of sp³-hybridized carbons (Fsp3) is 1.00. The summed E-state index contributed by atoms with van der Waals surface area (Å²) < 4.78 is 0. The van der Waals surface area contributed by atoms with Gasteiger partial charge in [0.15, 0.2) is 0 Å². The lowest BCUT2D eigenvalue weighted by molar-refractivity contribution is 0.268. The number of unbranched alkanes of at least 4 members (excludes halogenated alkanes) is 3. The van der Waals surface area contributed by atoms with Gasteiger partial charge in [-0.25, -0.2) is 0 Å². The smallest absolute Gasteiger partial charge is 0.00696 e. The first-order valence-corrected chi connectivity index (χ1v) is 8.62. The van der Waals surface area contributed by atoms with Crippen LogP contribution in [0.5, 0.6) is 0 Å². The number of rotatable bonds is 11. The zero-order valence-electron chi connectivity index (χ0n) is 14.5. The Kier molecular flexibility index (Phi) is 10.7. The van der Waals surface area contributed by atoms with Gasteiger partial charge in [-0.05, 0) is 43.6 Å². The number of hydrogen-bond donors (Lipinski definition) is 1. The second kappa shape index (κ2) is 10.7. The Balaban J connectivity index is 4.02. The highest BCUT2D eigenvalue weighted by Crippen LogP contribution is 2.27. The van der Waals surface area contributed by atoms with E-state index in [-0.39, 0.29) is 0 Å². The van der Waals surface area contributed by atoms with Crippen molar-refractivity contribution >= 4 is 0 Å². The van der Waals surface area contributed by atoms with Gasteiger partial charge in [0.25, 0.3) is 0 Å². The quantitative estimate of drug-likeness (QED) is 0.468. The molecule has 0 aromatic carbocycles. The van der Waals surface area contributed by atoms with Gasteiger partial charge in [0.05, 0.1) is 0 Å². The third kappa shape index (κ3) is 12.7. The van der Waals surface area contributed by atoms with Crippen LogP contribution in [-0.4, -0.2) is 12.6 Å². The molecule has 0 spiro atoms. The zero-order chi connectivity index (χ0) is 14.7. The molecule has 0 aliphatic heterocycles. The van der Waals surface area contributed by atoms with Gasteiger partial charge in [-0.15, -0.1) is 0 Å². The monoisotopic (exact) mass is 269 g/mol. The van der Waals surface area contributed by atoms with Crippen LogP contribution in [0.15, 0.2) is 0 Å². The van der Waals surface area contributed by atoms with Gasteiger partial charge in [-0.1, -0.05) is 67.2 Å². The predicted molar refractivity (Wildman–Crippen MR) is 88.7 cm³/mol. The van der Waals surface area contributed by atoms with Gasteiger partial charge in [0.1, 0.15) is 0 Å². The topological polar surface area (TPSA) is 12.0 Å². The first-order chi connectivity index (χ1) is 8.89. The highest BCUT2D eigenvalue weighted by molar-refractivity contribution is 4.74. The summed E-state index contributed by atoms with van der Waals surface area (Å²) in [6.07, 6.45) is 10.9. The summed E-state index contributed by atoms with van der Waals surface area (Å²) in [5.41, 5.74) is 0.469. The van der Waals surface area contributed by atoms with Crippen molar-refractivity contribution in [2.24, 2.45) is 11.3 Å². The van der Waals surface area contributed by atoms with Gasteiger partial charge < -0.3 is 5.32 Å². The molecule has 1 heteroatoms. The van der Waals surface area contributed by atoms with E-state index in [4.69, 9.17) is 0 Å². The third-order valence-corrected chi connectivity index (χ3v) is 3.74. The van der Waals surface area contributed by atoms with E-state index in [9.17, 15) is 0 Å². The van der Waals surface area contributed by atoms with E-state index < -0.39 is 0 Å². The molecule has 0 heterocycles. The molecule has 1 N–H and O–H groups in total. The molecular formula is C18H39N. The van der Waals surface area contributed by atoms with Crippen molar-refractivity contribution in [3.05, 3.63) is 0 Å². The van der Waals surface area contributed by atoms with Gasteiger partial charge in [-0.2, -0.15) is 0 Å². The Morgan fingerprint density at radius 3 is 2.16 bits per heavy atom. The maximum Gasteiger partial charge on any atom is 0.00696 e. The largest absolute Gasteiger partial charge is 0.314 e. The van der Waals surface area contributed by atoms with Crippen LogP contribution >= 0.6 is 0 Å². The number of hydrogen-bond acceptors (Lipinski definition) is 1. The molecule has 0 amide bonds. The van der Waals surface area contributed by atoms with E-state index in [0.29, 0.717) is 5.41 Å². The van der Waals surface area contributed by atoms with Crippen LogP contribution in [0.4, 0.5) is 0 Å². The molecule has 116 valence electrons. The van der Waals surface area contributed by atoms with E-state index in [1.54, 1.807) is 0 Å². The molecule has 0 bridgehead atoms. The summed E-state index contributed by atoms with van der Waals surface area (Å²) in [6, 6.07) is 0.745. The Hall–Kier alpha value is -0.0400. The second-order valence-corrected chi connectivity index (χ2v) is 7.61. The van der Waals surface area contributed by atoms with Crippen LogP contribution in [0.25, 0.3) is 0 Å². The molecular weight excluding hydrogens is 230 g/mol. The molecule has 0 rings (SSSR count). The summed E-state index contributed by atoms with van der Waals surface area (Å²) in [6.45, 7) is 15.2. The second-order valence-electron chi connectivity index (χ2n) is 7.61. The molecule has 0 aliphatic carbocycles. The highest BCUT2D eigenvalue weighted by Gasteiger charge is 2.18. The molecule has 19 heavy (non-hydrogen) atoms. The van der Waals surface area contributed by atoms with Crippen molar-refractivity contribution in [1.29, 1.82) is 0 Å². The molecule has 0 radical (unpaired) electrons. The molecule has 0 saturated carbocycles. The maximum atomic E-state index is 3.76. The molecule has 0 aromatic heterocycles. The van der Waals surface area contributed by atoms with E-state index >= 15 is 0 Å². The molecule has 0 fully saturated rings. The van der Waals surface area contributed by atoms with Crippen LogP contribution < -0.4 is 5.32 Å². The minimum Gasteiger partial charge on any atom is -0.314 e. The molecule has 0 aromatic rings. The minimum absolute atomic E-state index is 0.469. The van der Waals surface area contributed by atoms with Crippen LogP contribution in [0.1, 0.15) is 92.9 Å². The van der Waals surface area contributed by atoms with E-state index in [1.807, 2.05) is 0 Å². The summed E-state index contributed by atoms with van der Waals surface area (Å²) >= 11 is 0. The molecule has 2 atom stereocenters. The fourth-order valence-corrected chi connectivity index (χ4v) is 3.08. The Bertz CT molecular complexity index is 192. The molecule has 0 aliphatic rings. The first kappa shape index (κ1) is 19.0. The predicted octanol–water partition coefficient (Wildman–Crippen LogP) is 5.79. The maximum absolute atomic E-state index is 3.76. The normalized spacial score (nSPS) is 15.5. The Morgan fingerprint density at radius 2 is 1.63 bits per heavy atom. The average Bonchev–Trinajstić information content (AvgIpc) is 2.28. The van der Waals surface area contributed by atoms with Gasteiger partial charge in [0, 0.05) is 6.04 Å². The highest BCUT2D eigenvalue weighted by atomic mass is 14.9. The van der Waals surface area contributed by atoms with Crippen molar-refractivity contribution in [2.75, 3.05) is 6.54 Å². The van der Waals surface area contributed by atoms with E-state index in [2.05, 4.69) is 46.9 Å². The number of nitrogens with one attached hydrogen (secondary N) is 1. The van der Waals surface area contributed by atoms with Gasteiger partial charge in [-0.3, -0.25) is 0 Å². The van der Waals surface area contributed by atoms with Crippen LogP contribution in [0.3, 0.4) is 0 Å². The minimum atomic E-state index is 0.469. The Morgan fingerprint density at radius 1 is 0.947 bits per heavy atom. The van der Waals surface area contributed by atoms with Gasteiger partial charge >= 0.3 is 0 Å². The van der Waals surface area contributed by atoms with Crippen molar-refractivity contribution in [1.82, 2.24) is 5.32 Å². The van der Waals surface area contributed by atoms with E-state index in [1.165, 1.54) is 57.9 Å². The van der Waals surface area contributed by atoms with Crippen molar-refractivity contribution in [2.45, 2.75) is 99.0 Å². The molecule has 2 unspecified atom stereocenters. The molecule has 0 saturated heterocycles. The third-order valence-electron chi connectivity index (χ3n) is 3.74. The standard InChI is InChI=1S/C18H39N/c1-7-9-10-11-12-17(19-13-8-2)14-16(3)15-18(4,5)6/h16-17,19H,7-15H2,1-6H3. The van der Waals surface area contributed by atoms with Crippen LogP contribution in [0, 0.1) is 11.3 Å². The zero-order valence-corrected chi connectivity index (χ0v) is 14.5. The lowest BCUT2D eigenvalue weighted by Crippen LogP contribution is -2.32. The van der Waals surface area contributed by atoms with Crippen molar-refractivity contribution in [3.8, 4) is 0 Å². The SMILES string of the molecule is CCCCCCC(CC(C)CC(C)(C)C)NCCC. The Labute approximate surface area is 122 Å². The van der Waals surface area contributed by atoms with Crippen LogP contribution in [-0.2, 0) is 0 Å². The van der Waals surface area contributed by atoms with E-state index in [0.717, 1.165) is 12.0 Å². The van der Waals surface area contributed by atoms with Crippen molar-refractivity contribution < 1.29 is 0 Å². The average molecular weight is 270 g/mol. The summed E-state index contributed by atoms with van der Waals surface area (Å²) in [7, 11) is 0. The van der Waals surface area contributed by atoms with Gasteiger partial charge in [0.2, 0.25) is 0 Å². The van der Waals surface area contributed by atoms with Crippen molar-refractivity contribution in [3.63, 3.8) is 0 Å². The lowest BCUT2D eigenvalue weighted by atomic mass is 9.82. The fourth-order valence-electron chi connectivity index (χ4n) is 3.08. The lowest BCUT2D eigenvalue weighted by Gasteiger charge is -2.27. The summed E-state index contributed by atoms with van der Waals surface area (Å²) in [5.74, 6) is 0.834. The first-order valence-electron chi connectivity index (χ1n) is 8.62. The molecule has 1 nitrogen and oxygen atoms in total.